The number of aromatic amines is 1. The van der Waals surface area contributed by atoms with Crippen LogP contribution in [0.3, 0.4) is 0 Å². The van der Waals surface area contributed by atoms with E-state index in [1.54, 1.807) is 35.0 Å². The standard InChI is InChI=1S/C29H26F2N6O3/c1-2-25(28-33-34-35-37(28)15-19-5-9-23(31)10-6-19)36(14-18-3-7-22(30)8-4-18)16-21-11-20-12-26-27(40-17-39-26)13-24(20)32-29(21)38/h3-13,25H,2,14-17H2,1H3,(H,32,38)/t25-/m1/s1. The fourth-order valence-electron chi connectivity index (χ4n) is 5.01. The molecule has 1 N–H and O–H groups in total. The maximum atomic E-state index is 13.7. The highest BCUT2D eigenvalue weighted by Crippen LogP contribution is 2.35. The van der Waals surface area contributed by atoms with Gasteiger partial charge in [-0.3, -0.25) is 9.69 Å². The van der Waals surface area contributed by atoms with E-state index in [2.05, 4.69) is 25.4 Å². The fraction of sp³-hybridized carbons (Fsp3) is 0.241. The van der Waals surface area contributed by atoms with Crippen molar-refractivity contribution in [1.82, 2.24) is 30.1 Å². The van der Waals surface area contributed by atoms with Crippen LogP contribution < -0.4 is 15.0 Å². The van der Waals surface area contributed by atoms with Crippen molar-refractivity contribution in [1.29, 1.82) is 0 Å². The molecule has 0 amide bonds. The van der Waals surface area contributed by atoms with Crippen molar-refractivity contribution in [3.05, 3.63) is 111 Å². The number of rotatable bonds is 9. The molecular weight excluding hydrogens is 518 g/mol. The van der Waals surface area contributed by atoms with Crippen molar-refractivity contribution < 1.29 is 18.3 Å². The number of aromatic nitrogens is 5. The normalized spacial score (nSPS) is 13.3. The topological polar surface area (TPSA) is 98.2 Å². The Balaban J connectivity index is 1.36. The van der Waals surface area contributed by atoms with Gasteiger partial charge in [0.2, 0.25) is 6.79 Å². The molecule has 5 aromatic rings. The van der Waals surface area contributed by atoms with Gasteiger partial charge in [0.1, 0.15) is 11.6 Å². The Morgan fingerprint density at radius 3 is 2.33 bits per heavy atom. The van der Waals surface area contributed by atoms with E-state index in [0.717, 1.165) is 16.5 Å². The predicted molar refractivity (Wildman–Crippen MR) is 143 cm³/mol. The van der Waals surface area contributed by atoms with Gasteiger partial charge in [0.05, 0.1) is 18.1 Å². The zero-order chi connectivity index (χ0) is 27.6. The van der Waals surface area contributed by atoms with E-state index in [-0.39, 0.29) is 36.6 Å². The minimum Gasteiger partial charge on any atom is -0.454 e. The Hall–Kier alpha value is -4.64. The minimum atomic E-state index is -0.324. The molecular formula is C29H26F2N6O3. The highest BCUT2D eigenvalue weighted by atomic mass is 19.1. The van der Waals surface area contributed by atoms with Gasteiger partial charge in [0.15, 0.2) is 17.3 Å². The van der Waals surface area contributed by atoms with Gasteiger partial charge in [-0.1, -0.05) is 31.2 Å². The zero-order valence-corrected chi connectivity index (χ0v) is 21.7. The van der Waals surface area contributed by atoms with Crippen LogP contribution in [0.2, 0.25) is 0 Å². The quantitative estimate of drug-likeness (QED) is 0.287. The van der Waals surface area contributed by atoms with Crippen molar-refractivity contribution in [2.75, 3.05) is 6.79 Å². The van der Waals surface area contributed by atoms with E-state index in [9.17, 15) is 13.6 Å². The molecule has 3 heterocycles. The van der Waals surface area contributed by atoms with Crippen LogP contribution in [0.5, 0.6) is 11.5 Å². The number of hydrogen-bond donors (Lipinski definition) is 1. The van der Waals surface area contributed by atoms with E-state index in [4.69, 9.17) is 9.47 Å². The molecule has 1 aliphatic heterocycles. The van der Waals surface area contributed by atoms with Gasteiger partial charge >= 0.3 is 0 Å². The van der Waals surface area contributed by atoms with E-state index in [0.29, 0.717) is 47.9 Å². The van der Waals surface area contributed by atoms with E-state index in [1.807, 2.05) is 19.1 Å². The predicted octanol–water partition coefficient (Wildman–Crippen LogP) is 4.72. The lowest BCUT2D eigenvalue weighted by Crippen LogP contribution is -2.32. The summed E-state index contributed by atoms with van der Waals surface area (Å²) in [6.45, 7) is 3.20. The first-order chi connectivity index (χ1) is 19.5. The Morgan fingerprint density at radius 2 is 1.62 bits per heavy atom. The van der Waals surface area contributed by atoms with Gasteiger partial charge < -0.3 is 14.5 Å². The molecule has 0 saturated carbocycles. The molecule has 0 spiro atoms. The molecule has 0 fully saturated rings. The summed E-state index contributed by atoms with van der Waals surface area (Å²) in [6.07, 6.45) is 0.634. The van der Waals surface area contributed by atoms with Crippen molar-refractivity contribution in [3.63, 3.8) is 0 Å². The van der Waals surface area contributed by atoms with Crippen molar-refractivity contribution in [2.45, 2.75) is 39.0 Å². The summed E-state index contributed by atoms with van der Waals surface area (Å²) in [5, 5.41) is 13.3. The summed E-state index contributed by atoms with van der Waals surface area (Å²) in [4.78, 5) is 18.3. The lowest BCUT2D eigenvalue weighted by molar-refractivity contribution is 0.161. The molecule has 0 unspecified atom stereocenters. The number of tetrazole rings is 1. The van der Waals surface area contributed by atoms with Gasteiger partial charge in [-0.05, 0) is 64.4 Å². The number of H-pyrrole nitrogens is 1. The third-order valence-corrected chi connectivity index (χ3v) is 7.02. The second-order valence-electron chi connectivity index (χ2n) is 9.69. The van der Waals surface area contributed by atoms with Crippen LogP contribution >= 0.6 is 0 Å². The molecule has 40 heavy (non-hydrogen) atoms. The van der Waals surface area contributed by atoms with E-state index >= 15 is 0 Å². The maximum absolute atomic E-state index is 13.7. The van der Waals surface area contributed by atoms with Crippen LogP contribution in [-0.2, 0) is 19.6 Å². The molecule has 6 rings (SSSR count). The smallest absolute Gasteiger partial charge is 0.252 e. The highest BCUT2D eigenvalue weighted by Gasteiger charge is 2.26. The first-order valence-electron chi connectivity index (χ1n) is 12.9. The Kier molecular flexibility index (Phi) is 6.95. The van der Waals surface area contributed by atoms with E-state index in [1.165, 1.54) is 24.3 Å². The lowest BCUT2D eigenvalue weighted by Gasteiger charge is -2.30. The fourth-order valence-corrected chi connectivity index (χ4v) is 5.01. The molecule has 11 heteroatoms. The maximum Gasteiger partial charge on any atom is 0.252 e. The van der Waals surface area contributed by atoms with Crippen LogP contribution in [0.4, 0.5) is 8.78 Å². The van der Waals surface area contributed by atoms with Gasteiger partial charge in [-0.15, -0.1) is 5.10 Å². The van der Waals surface area contributed by atoms with Crippen LogP contribution in [0.25, 0.3) is 10.9 Å². The molecule has 0 saturated heterocycles. The molecule has 0 aliphatic carbocycles. The highest BCUT2D eigenvalue weighted by molar-refractivity contribution is 5.83. The Bertz CT molecular complexity index is 1700. The second-order valence-corrected chi connectivity index (χ2v) is 9.69. The number of nitrogens with one attached hydrogen (secondary N) is 1. The number of halogens is 2. The summed E-state index contributed by atoms with van der Waals surface area (Å²) < 4.78 is 39.8. The summed E-state index contributed by atoms with van der Waals surface area (Å²) in [5.74, 6) is 1.18. The number of pyridine rings is 1. The first-order valence-corrected chi connectivity index (χ1v) is 12.9. The molecule has 1 aliphatic rings. The largest absolute Gasteiger partial charge is 0.454 e. The van der Waals surface area contributed by atoms with E-state index < -0.39 is 0 Å². The third-order valence-electron chi connectivity index (χ3n) is 7.02. The number of benzene rings is 3. The molecule has 0 bridgehead atoms. The van der Waals surface area contributed by atoms with Gasteiger partial charge in [-0.25, -0.2) is 13.5 Å². The van der Waals surface area contributed by atoms with Gasteiger partial charge in [-0.2, -0.15) is 0 Å². The summed E-state index contributed by atoms with van der Waals surface area (Å²) >= 11 is 0. The molecule has 204 valence electrons. The van der Waals surface area contributed by atoms with Crippen LogP contribution in [0.1, 0.15) is 41.9 Å². The van der Waals surface area contributed by atoms with Crippen LogP contribution in [0, 0.1) is 11.6 Å². The molecule has 9 nitrogen and oxygen atoms in total. The zero-order valence-electron chi connectivity index (χ0n) is 21.7. The average molecular weight is 545 g/mol. The molecule has 1 atom stereocenters. The number of hydrogen-bond acceptors (Lipinski definition) is 7. The van der Waals surface area contributed by atoms with Gasteiger partial charge in [0.25, 0.3) is 5.56 Å². The number of fused-ring (bicyclic) bond motifs is 2. The third kappa shape index (κ3) is 5.28. The van der Waals surface area contributed by atoms with Gasteiger partial charge in [0, 0.05) is 30.1 Å². The van der Waals surface area contributed by atoms with Crippen molar-refractivity contribution in [3.8, 4) is 11.5 Å². The summed E-state index contributed by atoms with van der Waals surface area (Å²) in [7, 11) is 0. The Labute approximate surface area is 228 Å². The molecule has 2 aromatic heterocycles. The second kappa shape index (κ2) is 10.9. The Morgan fingerprint density at radius 1 is 0.950 bits per heavy atom. The minimum absolute atomic E-state index is 0.138. The average Bonchev–Trinajstić information content (AvgIpc) is 3.60. The lowest BCUT2D eigenvalue weighted by atomic mass is 10.1. The van der Waals surface area contributed by atoms with Crippen LogP contribution in [-0.4, -0.2) is 36.9 Å². The number of ether oxygens (including phenoxy) is 2. The molecule has 0 radical (unpaired) electrons. The molecule has 3 aromatic carbocycles. The summed E-state index contributed by atoms with van der Waals surface area (Å²) in [6, 6.07) is 17.6. The first kappa shape index (κ1) is 25.6. The van der Waals surface area contributed by atoms with Crippen LogP contribution in [0.15, 0.2) is 71.5 Å². The SMILES string of the molecule is CC[C@H](c1nnnn1Cc1ccc(F)cc1)N(Cc1ccc(F)cc1)Cc1cc2cc3c(cc2[nH]c1=O)OCO3. The monoisotopic (exact) mass is 544 g/mol. The van der Waals surface area contributed by atoms with Crippen molar-refractivity contribution in [2.24, 2.45) is 0 Å². The van der Waals surface area contributed by atoms with Crippen molar-refractivity contribution >= 4 is 10.9 Å². The number of nitrogens with zero attached hydrogens (tertiary/aromatic N) is 5. The summed E-state index contributed by atoms with van der Waals surface area (Å²) in [5.41, 5.74) is 2.69.